The lowest BCUT2D eigenvalue weighted by Crippen LogP contribution is -2.37. The second-order valence-corrected chi connectivity index (χ2v) is 9.23. The summed E-state index contributed by atoms with van der Waals surface area (Å²) < 4.78 is 50.0. The van der Waals surface area contributed by atoms with Crippen LogP contribution in [0.2, 0.25) is 0 Å². The van der Waals surface area contributed by atoms with Crippen molar-refractivity contribution >= 4 is 23.9 Å². The third-order valence-corrected chi connectivity index (χ3v) is 6.82. The van der Waals surface area contributed by atoms with Gasteiger partial charge >= 0.3 is 29.6 Å². The highest BCUT2D eigenvalue weighted by Crippen LogP contribution is 2.63. The number of aromatic hydroxyl groups is 1. The van der Waals surface area contributed by atoms with Crippen LogP contribution >= 0.6 is 23.9 Å². The average molecular weight is 482 g/mol. The van der Waals surface area contributed by atoms with E-state index < -0.39 is 72.0 Å². The number of nitrogens with zero attached hydrogens (tertiary/aromatic N) is 1. The molecule has 2 heterocycles. The average Bonchev–Trinajstić information content (AvgIpc) is 2.82. The second-order valence-electron chi connectivity index (χ2n) is 5.35. The molecule has 7 unspecified atom stereocenters. The lowest BCUT2D eigenvalue weighted by molar-refractivity contribution is -0.179. The van der Waals surface area contributed by atoms with Gasteiger partial charge in [0.25, 0.3) is 5.56 Å². The van der Waals surface area contributed by atoms with E-state index in [9.17, 15) is 48.4 Å². The fraction of sp³-hybridized carbons (Fsp3) is 0.556. The van der Waals surface area contributed by atoms with Gasteiger partial charge in [0.05, 0.1) is 12.8 Å². The van der Waals surface area contributed by atoms with Crippen LogP contribution in [0.3, 0.4) is 0 Å². The highest BCUT2D eigenvalue weighted by atomic mass is 31.3. The van der Waals surface area contributed by atoms with Crippen LogP contribution in [0.1, 0.15) is 6.23 Å². The predicted octanol–water partition coefficient (Wildman–Crippen LogP) is -2.87. The summed E-state index contributed by atoms with van der Waals surface area (Å²) in [6.45, 7) is -1.06. The first-order valence-electron chi connectivity index (χ1n) is 7.14. The summed E-state index contributed by atoms with van der Waals surface area (Å²) in [4.78, 5) is 53.2. The number of hydrogen-bond donors (Lipinski definition) is 6. The van der Waals surface area contributed by atoms with E-state index >= 15 is 0 Å². The Morgan fingerprint density at radius 3 is 2.45 bits per heavy atom. The number of aliphatic hydroxyl groups is 2. The van der Waals surface area contributed by atoms with Gasteiger partial charge in [-0.3, -0.25) is 23.8 Å². The van der Waals surface area contributed by atoms with Crippen molar-refractivity contribution < 1.29 is 61.6 Å². The quantitative estimate of drug-likeness (QED) is 0.203. The van der Waals surface area contributed by atoms with E-state index in [-0.39, 0.29) is 0 Å². The maximum Gasteiger partial charge on any atom is 0.524 e. The molecule has 164 valence electrons. The van der Waals surface area contributed by atoms with E-state index in [1.807, 2.05) is 0 Å². The van der Waals surface area contributed by atoms with Crippen LogP contribution in [-0.2, 0) is 31.6 Å². The highest BCUT2D eigenvalue weighted by molar-refractivity contribution is 7.64. The van der Waals surface area contributed by atoms with Crippen molar-refractivity contribution in [3.63, 3.8) is 0 Å². The molecule has 1 aliphatic rings. The molecular formula is C9H13N2O15P3. The molecule has 0 aliphatic carbocycles. The molecule has 17 nitrogen and oxygen atoms in total. The molecule has 1 aromatic heterocycles. The highest BCUT2D eigenvalue weighted by Gasteiger charge is 2.46. The molecule has 0 bridgehead atoms. The van der Waals surface area contributed by atoms with Crippen LogP contribution < -0.4 is 16.1 Å². The molecule has 0 saturated carbocycles. The minimum atomic E-state index is -5.53. The first-order valence-corrected chi connectivity index (χ1v) is 11.2. The number of phosphoric acid groups is 2. The summed E-state index contributed by atoms with van der Waals surface area (Å²) in [5, 5.41) is 29.3. The number of aliphatic hydroxyl groups excluding tert-OH is 2. The summed E-state index contributed by atoms with van der Waals surface area (Å²) in [5.74, 6) is -0.918. The van der Waals surface area contributed by atoms with E-state index in [1.54, 1.807) is 4.98 Å². The van der Waals surface area contributed by atoms with Gasteiger partial charge < -0.3 is 29.8 Å². The SMILES string of the molecule is O=c1[nH]c(=O)n(C2OC(COP(=O)(O)OP(=O)(O)O[P+](=O)[O-])C(O)C2O)cc1O. The number of hydrogen-bond acceptors (Lipinski definition) is 13. The predicted molar refractivity (Wildman–Crippen MR) is 84.3 cm³/mol. The van der Waals surface area contributed by atoms with Gasteiger partial charge in [-0.25, -0.2) is 13.9 Å². The van der Waals surface area contributed by atoms with Crippen LogP contribution in [0.4, 0.5) is 0 Å². The zero-order chi connectivity index (χ0) is 22.1. The zero-order valence-electron chi connectivity index (χ0n) is 13.7. The molecule has 7 atom stereocenters. The molecule has 0 radical (unpaired) electrons. The van der Waals surface area contributed by atoms with Crippen LogP contribution in [0.5, 0.6) is 5.75 Å². The van der Waals surface area contributed by atoms with E-state index in [0.717, 1.165) is 0 Å². The van der Waals surface area contributed by atoms with Crippen molar-refractivity contribution in [1.29, 1.82) is 0 Å². The third kappa shape index (κ3) is 6.08. The number of rotatable bonds is 8. The Balaban J connectivity index is 2.09. The molecule has 1 fully saturated rings. The molecule has 6 N–H and O–H groups in total. The van der Waals surface area contributed by atoms with Gasteiger partial charge in [0.2, 0.25) is 0 Å². The van der Waals surface area contributed by atoms with Crippen LogP contribution in [0.25, 0.3) is 0 Å². The topological polar surface area (TPSA) is 267 Å². The number of phosphoric ester groups is 1. The Morgan fingerprint density at radius 1 is 1.24 bits per heavy atom. The monoisotopic (exact) mass is 482 g/mol. The largest absolute Gasteiger partial charge is 0.566 e. The van der Waals surface area contributed by atoms with Gasteiger partial charge in [-0.2, -0.15) is 4.31 Å². The fourth-order valence-electron chi connectivity index (χ4n) is 2.18. The van der Waals surface area contributed by atoms with E-state index in [2.05, 4.69) is 13.1 Å². The summed E-state index contributed by atoms with van der Waals surface area (Å²) in [5.41, 5.74) is -2.26. The number of aromatic nitrogens is 2. The summed E-state index contributed by atoms with van der Waals surface area (Å²) in [6.07, 6.45) is -6.37. The van der Waals surface area contributed by atoms with Crippen molar-refractivity contribution in [2.24, 2.45) is 0 Å². The number of nitrogens with one attached hydrogen (secondary N) is 1. The molecule has 0 spiro atoms. The lowest BCUT2D eigenvalue weighted by atomic mass is 10.1. The van der Waals surface area contributed by atoms with Crippen LogP contribution in [-0.4, -0.2) is 59.6 Å². The van der Waals surface area contributed by atoms with Gasteiger partial charge in [-0.1, -0.05) is 0 Å². The van der Waals surface area contributed by atoms with E-state index in [4.69, 9.17) is 9.63 Å². The molecule has 0 amide bonds. The molecule has 1 saturated heterocycles. The Bertz CT molecular complexity index is 988. The molecule has 29 heavy (non-hydrogen) atoms. The van der Waals surface area contributed by atoms with Gasteiger partial charge in [-0.05, 0) is 8.88 Å². The molecule has 1 aromatic rings. The maximum atomic E-state index is 11.8. The van der Waals surface area contributed by atoms with Crippen LogP contribution in [0, 0.1) is 0 Å². The first-order chi connectivity index (χ1) is 13.2. The van der Waals surface area contributed by atoms with E-state index in [0.29, 0.717) is 10.8 Å². The summed E-state index contributed by atoms with van der Waals surface area (Å²) in [7, 11) is -14.9. The minimum absolute atomic E-state index is 0.514. The van der Waals surface area contributed by atoms with Gasteiger partial charge in [0.1, 0.15) is 18.3 Å². The smallest absolute Gasteiger partial charge is 0.524 e. The van der Waals surface area contributed by atoms with Gasteiger partial charge in [0, 0.05) is 0 Å². The van der Waals surface area contributed by atoms with Crippen molar-refractivity contribution in [2.75, 3.05) is 6.61 Å². The molecule has 20 heteroatoms. The Morgan fingerprint density at radius 2 is 1.86 bits per heavy atom. The van der Waals surface area contributed by atoms with Crippen molar-refractivity contribution in [2.45, 2.75) is 24.5 Å². The molecule has 0 aromatic carbocycles. The minimum Gasteiger partial charge on any atom is -0.566 e. The number of ether oxygens (including phenoxy) is 1. The molecule has 2 rings (SSSR count). The molecular weight excluding hydrogens is 469 g/mol. The summed E-state index contributed by atoms with van der Waals surface area (Å²) in [6, 6.07) is 0. The zero-order valence-corrected chi connectivity index (χ0v) is 16.4. The van der Waals surface area contributed by atoms with Crippen molar-refractivity contribution in [1.82, 2.24) is 9.55 Å². The van der Waals surface area contributed by atoms with Crippen molar-refractivity contribution in [3.8, 4) is 5.75 Å². The normalized spacial score (nSPS) is 29.2. The van der Waals surface area contributed by atoms with Crippen molar-refractivity contribution in [3.05, 3.63) is 27.0 Å². The maximum absolute atomic E-state index is 11.8. The summed E-state index contributed by atoms with van der Waals surface area (Å²) >= 11 is 0. The van der Waals surface area contributed by atoms with Gasteiger partial charge in [0.15, 0.2) is 12.0 Å². The second kappa shape index (κ2) is 8.81. The first kappa shape index (κ1) is 24.0. The Labute approximate surface area is 159 Å². The Kier molecular flexibility index (Phi) is 7.28. The lowest BCUT2D eigenvalue weighted by Gasteiger charge is -2.18. The molecule has 1 aliphatic heterocycles. The van der Waals surface area contributed by atoms with Crippen LogP contribution in [0.15, 0.2) is 15.8 Å². The number of H-pyrrole nitrogens is 1. The number of aromatic amines is 1. The Hall–Kier alpha value is -1.32. The third-order valence-electron chi connectivity index (χ3n) is 3.34. The fourth-order valence-corrected chi connectivity index (χ4v) is 4.81. The standard InChI is InChI=1S/C9H13N2O15P3/c12-3-1-11(9(16)10-7(3)15)8-6(14)5(13)4(24-8)2-23-28(19,20)26-29(21,22)25-27(17)18/h1,4-6,8,12-14H,2H2,(H,19,20)(H,21,22)(H,10,15,16). The van der Waals surface area contributed by atoms with E-state index in [1.165, 1.54) is 0 Å². The van der Waals surface area contributed by atoms with Gasteiger partial charge in [-0.15, -0.1) is 0 Å².